The number of nitrogens with zero attached hydrogens (tertiary/aromatic N) is 3. The molecule has 5 nitrogen and oxygen atoms in total. The molecule has 0 bridgehead atoms. The standard InChI is InChI=1S/C22H23N3O2/c1-16-7-9-17(10-8-16)25-21(26)19-6-4-3-5-18(19)20(22(25)27)15-24-13-11-23(2)12-14-24/h3-10,15H,11-14H2,1-2H3/b20-15-. The number of anilines is 1. The summed E-state index contributed by atoms with van der Waals surface area (Å²) in [5.74, 6) is -0.531. The van der Waals surface area contributed by atoms with Gasteiger partial charge >= 0.3 is 0 Å². The summed E-state index contributed by atoms with van der Waals surface area (Å²) in [6.45, 7) is 5.64. The second-order valence-electron chi connectivity index (χ2n) is 7.21. The van der Waals surface area contributed by atoms with Gasteiger partial charge in [-0.1, -0.05) is 35.9 Å². The number of fused-ring (bicyclic) bond motifs is 1. The van der Waals surface area contributed by atoms with E-state index < -0.39 is 0 Å². The summed E-state index contributed by atoms with van der Waals surface area (Å²) in [5.41, 5.74) is 3.56. The highest BCUT2D eigenvalue weighted by Crippen LogP contribution is 2.32. The van der Waals surface area contributed by atoms with Crippen molar-refractivity contribution >= 4 is 23.1 Å². The van der Waals surface area contributed by atoms with Gasteiger partial charge in [-0.25, -0.2) is 4.90 Å². The zero-order valence-corrected chi connectivity index (χ0v) is 15.7. The van der Waals surface area contributed by atoms with Crippen LogP contribution in [0, 0.1) is 6.92 Å². The van der Waals surface area contributed by atoms with E-state index in [-0.39, 0.29) is 11.8 Å². The van der Waals surface area contributed by atoms with Gasteiger partial charge in [0.15, 0.2) is 0 Å². The molecule has 0 aliphatic carbocycles. The van der Waals surface area contributed by atoms with Crippen molar-refractivity contribution in [1.82, 2.24) is 9.80 Å². The fraction of sp³-hybridized carbons (Fsp3) is 0.273. The Hall–Kier alpha value is -2.92. The highest BCUT2D eigenvalue weighted by molar-refractivity contribution is 6.41. The molecule has 2 aliphatic heterocycles. The van der Waals surface area contributed by atoms with E-state index in [0.717, 1.165) is 37.3 Å². The number of rotatable bonds is 2. The average molecular weight is 361 g/mol. The summed E-state index contributed by atoms with van der Waals surface area (Å²) in [6, 6.07) is 14.9. The van der Waals surface area contributed by atoms with Crippen LogP contribution in [0.5, 0.6) is 0 Å². The van der Waals surface area contributed by atoms with Gasteiger partial charge in [-0.15, -0.1) is 0 Å². The maximum atomic E-state index is 13.3. The van der Waals surface area contributed by atoms with E-state index in [1.54, 1.807) is 6.07 Å². The molecule has 2 aromatic carbocycles. The number of benzene rings is 2. The minimum atomic E-state index is -0.269. The summed E-state index contributed by atoms with van der Waals surface area (Å²) in [7, 11) is 2.10. The second-order valence-corrected chi connectivity index (χ2v) is 7.21. The molecule has 0 atom stereocenters. The summed E-state index contributed by atoms with van der Waals surface area (Å²) in [4.78, 5) is 32.1. The van der Waals surface area contributed by atoms with E-state index in [0.29, 0.717) is 16.8 Å². The van der Waals surface area contributed by atoms with Crippen LogP contribution in [0.25, 0.3) is 5.57 Å². The Labute approximate surface area is 159 Å². The van der Waals surface area contributed by atoms with Crippen LogP contribution in [-0.4, -0.2) is 54.8 Å². The van der Waals surface area contributed by atoms with Crippen molar-refractivity contribution in [2.75, 3.05) is 38.1 Å². The molecular formula is C22H23N3O2. The van der Waals surface area contributed by atoms with E-state index in [2.05, 4.69) is 16.8 Å². The Kier molecular flexibility index (Phi) is 4.54. The topological polar surface area (TPSA) is 43.9 Å². The number of carbonyl (C=O) groups excluding carboxylic acids is 2. The summed E-state index contributed by atoms with van der Waals surface area (Å²) < 4.78 is 0. The van der Waals surface area contributed by atoms with Crippen molar-refractivity contribution in [1.29, 1.82) is 0 Å². The first-order valence-electron chi connectivity index (χ1n) is 9.24. The second kappa shape index (κ2) is 7.00. The van der Waals surface area contributed by atoms with Crippen LogP contribution in [-0.2, 0) is 4.79 Å². The van der Waals surface area contributed by atoms with Crippen molar-refractivity contribution in [3.63, 3.8) is 0 Å². The first-order valence-corrected chi connectivity index (χ1v) is 9.24. The molecule has 138 valence electrons. The van der Waals surface area contributed by atoms with Gasteiger partial charge in [0.2, 0.25) is 0 Å². The number of likely N-dealkylation sites (N-methyl/N-ethyl adjacent to an activating group) is 1. The lowest BCUT2D eigenvalue weighted by molar-refractivity contribution is -0.112. The predicted molar refractivity (Wildman–Crippen MR) is 106 cm³/mol. The molecule has 1 fully saturated rings. The SMILES string of the molecule is Cc1ccc(N2C(=O)/C(=C\N3CCN(C)CC3)c3ccccc3C2=O)cc1. The highest BCUT2D eigenvalue weighted by atomic mass is 16.2. The van der Waals surface area contributed by atoms with Gasteiger partial charge in [0.05, 0.1) is 11.3 Å². The Morgan fingerprint density at radius 3 is 2.11 bits per heavy atom. The van der Waals surface area contributed by atoms with Crippen molar-refractivity contribution < 1.29 is 9.59 Å². The number of carbonyl (C=O) groups is 2. The quantitative estimate of drug-likeness (QED) is 0.609. The minimum absolute atomic E-state index is 0.263. The molecule has 2 heterocycles. The first kappa shape index (κ1) is 17.5. The molecule has 0 aromatic heterocycles. The molecule has 4 rings (SSSR count). The zero-order chi connectivity index (χ0) is 19.0. The number of hydrogen-bond donors (Lipinski definition) is 0. The lowest BCUT2D eigenvalue weighted by Gasteiger charge is -2.34. The molecular weight excluding hydrogens is 338 g/mol. The van der Waals surface area contributed by atoms with Crippen LogP contribution in [0.2, 0.25) is 0 Å². The van der Waals surface area contributed by atoms with Gasteiger partial charge in [0, 0.05) is 43.5 Å². The highest BCUT2D eigenvalue weighted by Gasteiger charge is 2.36. The largest absolute Gasteiger partial charge is 0.374 e. The van der Waals surface area contributed by atoms with Gasteiger partial charge in [0.1, 0.15) is 0 Å². The maximum absolute atomic E-state index is 13.3. The molecule has 5 heteroatoms. The summed E-state index contributed by atoms with van der Waals surface area (Å²) in [6.07, 6.45) is 1.93. The summed E-state index contributed by atoms with van der Waals surface area (Å²) >= 11 is 0. The lowest BCUT2D eigenvalue weighted by Crippen LogP contribution is -2.44. The van der Waals surface area contributed by atoms with E-state index in [1.807, 2.05) is 55.6 Å². The van der Waals surface area contributed by atoms with Crippen LogP contribution < -0.4 is 4.90 Å². The van der Waals surface area contributed by atoms with Gasteiger partial charge < -0.3 is 9.80 Å². The number of aryl methyl sites for hydroxylation is 1. The number of imide groups is 1. The van der Waals surface area contributed by atoms with Gasteiger partial charge in [-0.2, -0.15) is 0 Å². The Morgan fingerprint density at radius 2 is 1.44 bits per heavy atom. The van der Waals surface area contributed by atoms with E-state index in [9.17, 15) is 9.59 Å². The normalized spacial score (nSPS) is 19.6. The van der Waals surface area contributed by atoms with Crippen LogP contribution in [0.15, 0.2) is 54.7 Å². The van der Waals surface area contributed by atoms with Gasteiger partial charge in [0.25, 0.3) is 11.8 Å². The molecule has 0 spiro atoms. The maximum Gasteiger partial charge on any atom is 0.267 e. The Morgan fingerprint density at radius 1 is 0.815 bits per heavy atom. The molecule has 27 heavy (non-hydrogen) atoms. The average Bonchev–Trinajstić information content (AvgIpc) is 2.68. The van der Waals surface area contributed by atoms with Gasteiger partial charge in [-0.05, 0) is 32.2 Å². The van der Waals surface area contributed by atoms with Crippen molar-refractivity contribution in [2.45, 2.75) is 6.92 Å². The van der Waals surface area contributed by atoms with Crippen molar-refractivity contribution in [3.8, 4) is 0 Å². The number of amides is 2. The molecule has 0 radical (unpaired) electrons. The fourth-order valence-corrected chi connectivity index (χ4v) is 3.54. The lowest BCUT2D eigenvalue weighted by atomic mass is 9.93. The Bertz CT molecular complexity index is 909. The summed E-state index contributed by atoms with van der Waals surface area (Å²) in [5, 5.41) is 0. The smallest absolute Gasteiger partial charge is 0.267 e. The Balaban J connectivity index is 1.78. The number of piperazine rings is 1. The van der Waals surface area contributed by atoms with Crippen LogP contribution in [0.1, 0.15) is 21.5 Å². The molecule has 2 aromatic rings. The predicted octanol–water partition coefficient (Wildman–Crippen LogP) is 2.77. The zero-order valence-electron chi connectivity index (χ0n) is 15.7. The molecule has 0 saturated carbocycles. The molecule has 2 amide bonds. The third kappa shape index (κ3) is 3.26. The minimum Gasteiger partial charge on any atom is -0.374 e. The van der Waals surface area contributed by atoms with Crippen molar-refractivity contribution in [2.24, 2.45) is 0 Å². The van der Waals surface area contributed by atoms with Crippen LogP contribution in [0.3, 0.4) is 0 Å². The van der Waals surface area contributed by atoms with Crippen molar-refractivity contribution in [3.05, 3.63) is 71.4 Å². The fourth-order valence-electron chi connectivity index (χ4n) is 3.54. The third-order valence-corrected chi connectivity index (χ3v) is 5.23. The van der Waals surface area contributed by atoms with E-state index >= 15 is 0 Å². The number of hydrogen-bond acceptors (Lipinski definition) is 4. The van der Waals surface area contributed by atoms with E-state index in [1.165, 1.54) is 4.90 Å². The first-order chi connectivity index (χ1) is 13.0. The molecule has 0 N–H and O–H groups in total. The van der Waals surface area contributed by atoms with Crippen LogP contribution >= 0.6 is 0 Å². The molecule has 1 saturated heterocycles. The molecule has 0 unspecified atom stereocenters. The molecule has 2 aliphatic rings. The monoisotopic (exact) mass is 361 g/mol. The van der Waals surface area contributed by atoms with Gasteiger partial charge in [-0.3, -0.25) is 9.59 Å². The van der Waals surface area contributed by atoms with E-state index in [4.69, 9.17) is 0 Å². The van der Waals surface area contributed by atoms with Crippen LogP contribution in [0.4, 0.5) is 5.69 Å². The third-order valence-electron chi connectivity index (χ3n) is 5.23.